The number of carbonyl (C=O) groups excluding carboxylic acids is 2. The molecule has 0 bridgehead atoms. The first-order valence-electron chi connectivity index (χ1n) is 12.7. The Morgan fingerprint density at radius 3 is 2.65 bits per heavy atom. The molecule has 2 aromatic carbocycles. The van der Waals surface area contributed by atoms with E-state index in [0.29, 0.717) is 50.7 Å². The van der Waals surface area contributed by atoms with Gasteiger partial charge in [0.25, 0.3) is 5.91 Å². The summed E-state index contributed by atoms with van der Waals surface area (Å²) in [5.74, 6) is 0.162. The Labute approximate surface area is 242 Å². The number of esters is 1. The number of nitrogens with zero attached hydrogens (tertiary/aromatic N) is 2. The van der Waals surface area contributed by atoms with E-state index in [9.17, 15) is 14.4 Å². The van der Waals surface area contributed by atoms with Crippen LogP contribution < -0.4 is 19.8 Å². The van der Waals surface area contributed by atoms with Crippen molar-refractivity contribution in [1.29, 1.82) is 0 Å². The van der Waals surface area contributed by atoms with E-state index in [1.165, 1.54) is 12.0 Å². The number of benzene rings is 2. The number of rotatable bonds is 8. The van der Waals surface area contributed by atoms with Gasteiger partial charge in [0.2, 0.25) is 5.76 Å². The van der Waals surface area contributed by atoms with Crippen molar-refractivity contribution < 1.29 is 28.2 Å². The lowest BCUT2D eigenvalue weighted by molar-refractivity contribution is 0.0531. The summed E-state index contributed by atoms with van der Waals surface area (Å²) in [6.45, 7) is 8.17. The number of carbonyl (C=O) groups is 2. The highest BCUT2D eigenvalue weighted by atomic mass is 79.9. The number of hydrogen-bond donors (Lipinski definition) is 0. The van der Waals surface area contributed by atoms with Crippen LogP contribution in [0.1, 0.15) is 63.9 Å². The number of methoxy groups -OCH3 is 1. The molecule has 11 heteroatoms. The largest absolute Gasteiger partial charge is 0.493 e. The maximum atomic E-state index is 13.9. The number of halogens is 1. The summed E-state index contributed by atoms with van der Waals surface area (Å²) in [5.41, 5.74) is 1.14. The highest BCUT2D eigenvalue weighted by molar-refractivity contribution is 9.10. The molecule has 0 fully saturated rings. The molecule has 1 atom stereocenters. The summed E-state index contributed by atoms with van der Waals surface area (Å²) in [5, 5.41) is 0.574. The van der Waals surface area contributed by atoms with Crippen LogP contribution in [0.25, 0.3) is 11.0 Å². The van der Waals surface area contributed by atoms with Crippen molar-refractivity contribution in [2.24, 2.45) is 5.92 Å². The van der Waals surface area contributed by atoms with Gasteiger partial charge < -0.3 is 18.6 Å². The summed E-state index contributed by atoms with van der Waals surface area (Å²) in [6, 6.07) is 9.44. The molecule has 3 heterocycles. The third-order valence-electron chi connectivity index (χ3n) is 6.36. The molecule has 0 radical (unpaired) electrons. The van der Waals surface area contributed by atoms with Crippen molar-refractivity contribution in [2.75, 3.05) is 25.2 Å². The minimum atomic E-state index is -0.893. The van der Waals surface area contributed by atoms with Gasteiger partial charge in [-0.05, 0) is 55.7 Å². The minimum Gasteiger partial charge on any atom is -0.493 e. The zero-order valence-corrected chi connectivity index (χ0v) is 25.0. The molecule has 1 aliphatic rings. The minimum absolute atomic E-state index is 0.0746. The maximum Gasteiger partial charge on any atom is 0.350 e. The molecule has 4 aromatic rings. The third-order valence-corrected chi connectivity index (χ3v) is 7.99. The average Bonchev–Trinajstić information content (AvgIpc) is 3.45. The lowest BCUT2D eigenvalue weighted by atomic mass is 9.98. The van der Waals surface area contributed by atoms with E-state index in [0.717, 1.165) is 11.3 Å². The summed E-state index contributed by atoms with van der Waals surface area (Å²) in [4.78, 5) is 46.7. The smallest absolute Gasteiger partial charge is 0.350 e. The monoisotopic (exact) mass is 626 g/mol. The van der Waals surface area contributed by atoms with Crippen LogP contribution in [0.5, 0.6) is 11.5 Å². The number of ether oxygens (including phenoxy) is 3. The summed E-state index contributed by atoms with van der Waals surface area (Å²) in [7, 11) is 1.53. The van der Waals surface area contributed by atoms with E-state index in [1.54, 1.807) is 50.2 Å². The van der Waals surface area contributed by atoms with Crippen LogP contribution in [0, 0.1) is 12.8 Å². The fourth-order valence-electron chi connectivity index (χ4n) is 4.56. The van der Waals surface area contributed by atoms with Gasteiger partial charge in [0.05, 0.1) is 43.0 Å². The van der Waals surface area contributed by atoms with Gasteiger partial charge in [0, 0.05) is 4.47 Å². The van der Waals surface area contributed by atoms with Gasteiger partial charge in [-0.25, -0.2) is 9.78 Å². The second kappa shape index (κ2) is 11.1. The Hall–Kier alpha value is -3.70. The molecule has 9 nitrogen and oxygen atoms in total. The first-order valence-corrected chi connectivity index (χ1v) is 14.3. The van der Waals surface area contributed by atoms with Gasteiger partial charge in [-0.15, -0.1) is 0 Å². The molecule has 0 spiro atoms. The van der Waals surface area contributed by atoms with Gasteiger partial charge >= 0.3 is 5.97 Å². The number of thiazole rings is 1. The number of aromatic nitrogens is 1. The van der Waals surface area contributed by atoms with Crippen LogP contribution in [0.15, 0.2) is 50.1 Å². The van der Waals surface area contributed by atoms with Crippen LogP contribution in [-0.2, 0) is 4.74 Å². The molecule has 0 saturated carbocycles. The number of amides is 1. The van der Waals surface area contributed by atoms with Crippen LogP contribution in [0.3, 0.4) is 0 Å². The Balaban J connectivity index is 1.72. The number of fused-ring (bicyclic) bond motifs is 2. The van der Waals surface area contributed by atoms with Crippen LogP contribution in [-0.4, -0.2) is 37.2 Å². The fraction of sp³-hybridized carbons (Fsp3) is 0.310. The summed E-state index contributed by atoms with van der Waals surface area (Å²) >= 11 is 4.44. The molecular weight excluding hydrogens is 600 g/mol. The van der Waals surface area contributed by atoms with Crippen molar-refractivity contribution in [3.8, 4) is 11.5 Å². The van der Waals surface area contributed by atoms with Crippen molar-refractivity contribution in [3.05, 3.63) is 78.6 Å². The Morgan fingerprint density at radius 1 is 1.18 bits per heavy atom. The van der Waals surface area contributed by atoms with Crippen LogP contribution in [0.2, 0.25) is 0 Å². The van der Waals surface area contributed by atoms with E-state index < -0.39 is 17.9 Å². The molecule has 0 saturated heterocycles. The molecule has 40 heavy (non-hydrogen) atoms. The van der Waals surface area contributed by atoms with Crippen LogP contribution in [0.4, 0.5) is 5.13 Å². The molecule has 0 N–H and O–H groups in total. The van der Waals surface area contributed by atoms with Gasteiger partial charge in [-0.2, -0.15) is 0 Å². The van der Waals surface area contributed by atoms with E-state index in [1.807, 2.05) is 13.8 Å². The lowest BCUT2D eigenvalue weighted by Gasteiger charge is -2.23. The predicted molar refractivity (Wildman–Crippen MR) is 155 cm³/mol. The van der Waals surface area contributed by atoms with Crippen LogP contribution >= 0.6 is 27.3 Å². The number of aryl methyl sites for hydroxylation is 1. The molecular formula is C29H27BrN2O7S. The third kappa shape index (κ3) is 4.88. The van der Waals surface area contributed by atoms with Crippen molar-refractivity contribution >= 4 is 55.2 Å². The lowest BCUT2D eigenvalue weighted by Crippen LogP contribution is -2.29. The van der Waals surface area contributed by atoms with E-state index in [4.69, 9.17) is 18.6 Å². The van der Waals surface area contributed by atoms with Gasteiger partial charge in [0.1, 0.15) is 10.5 Å². The van der Waals surface area contributed by atoms with E-state index in [2.05, 4.69) is 20.9 Å². The fourth-order valence-corrected chi connectivity index (χ4v) is 5.91. The molecule has 2 aromatic heterocycles. The standard InChI is InChI=1S/C29H27BrN2O7S/c1-6-37-28(35)26-15(4)31-29(40-26)32-23(16-7-9-20(21(11-16)36-5)38-13-14(2)3)22-24(33)18-12-17(30)8-10-19(18)39-25(22)27(32)34/h7-12,14,23H,6,13H2,1-5H3. The Bertz CT molecular complexity index is 1690. The SMILES string of the molecule is CCOC(=O)c1sc(N2C(=O)c3oc4ccc(Br)cc4c(=O)c3C2c2ccc(OCC(C)C)c(OC)c2)nc1C. The summed E-state index contributed by atoms with van der Waals surface area (Å²) < 4.78 is 23.5. The van der Waals surface area contributed by atoms with Crippen molar-refractivity contribution in [3.63, 3.8) is 0 Å². The van der Waals surface area contributed by atoms with E-state index >= 15 is 0 Å². The molecule has 0 aliphatic carbocycles. The molecule has 1 amide bonds. The van der Waals surface area contributed by atoms with Gasteiger partial charge in [-0.1, -0.05) is 47.2 Å². The topological polar surface area (TPSA) is 108 Å². The zero-order valence-electron chi connectivity index (χ0n) is 22.6. The maximum absolute atomic E-state index is 13.9. The highest BCUT2D eigenvalue weighted by Gasteiger charge is 2.45. The normalized spacial score (nSPS) is 14.6. The molecule has 1 aliphatic heterocycles. The Kier molecular flexibility index (Phi) is 7.70. The summed E-state index contributed by atoms with van der Waals surface area (Å²) in [6.07, 6.45) is 0. The first-order chi connectivity index (χ1) is 19.1. The van der Waals surface area contributed by atoms with Crippen molar-refractivity contribution in [2.45, 2.75) is 33.7 Å². The average molecular weight is 628 g/mol. The number of anilines is 1. The quantitative estimate of drug-likeness (QED) is 0.210. The Morgan fingerprint density at radius 2 is 1.95 bits per heavy atom. The molecule has 1 unspecified atom stereocenters. The second-order valence-corrected chi connectivity index (χ2v) is 11.5. The van der Waals surface area contributed by atoms with Gasteiger partial charge in [-0.3, -0.25) is 14.5 Å². The second-order valence-electron chi connectivity index (χ2n) is 9.64. The zero-order chi connectivity index (χ0) is 28.7. The molecule has 208 valence electrons. The van der Waals surface area contributed by atoms with Crippen molar-refractivity contribution in [1.82, 2.24) is 4.98 Å². The molecule has 5 rings (SSSR count). The van der Waals surface area contributed by atoms with Gasteiger partial charge in [0.15, 0.2) is 22.1 Å². The number of hydrogen-bond acceptors (Lipinski definition) is 9. The predicted octanol–water partition coefficient (Wildman–Crippen LogP) is 6.29. The highest BCUT2D eigenvalue weighted by Crippen LogP contribution is 2.45. The van der Waals surface area contributed by atoms with E-state index in [-0.39, 0.29) is 33.4 Å². The first kappa shape index (κ1) is 27.9.